The molecule has 0 saturated heterocycles. The normalized spacial score (nSPS) is 11.1. The number of hydrogen-bond acceptors (Lipinski definition) is 4. The second kappa shape index (κ2) is 9.34. The number of carbonyl (C=O) groups excluding carboxylic acids is 1. The first kappa shape index (κ1) is 21.4. The lowest BCUT2D eigenvalue weighted by atomic mass is 10.1. The van der Waals surface area contributed by atoms with E-state index in [1.165, 1.54) is 25.3 Å². The number of ether oxygens (including phenoxy) is 3. The summed E-state index contributed by atoms with van der Waals surface area (Å²) in [5, 5.41) is 2.49. The fraction of sp³-hybridized carbons (Fsp3) is 0.350. The molecule has 2 aromatic rings. The first-order valence-electron chi connectivity index (χ1n) is 8.76. The number of hydrogen-bond donors (Lipinski definition) is 1. The van der Waals surface area contributed by atoms with E-state index in [1.807, 2.05) is 13.8 Å². The van der Waals surface area contributed by atoms with Crippen molar-refractivity contribution in [2.45, 2.75) is 26.4 Å². The van der Waals surface area contributed by atoms with Gasteiger partial charge in [0.05, 0.1) is 31.6 Å². The molecule has 0 fully saturated rings. The minimum atomic E-state index is -4.54. The quantitative estimate of drug-likeness (QED) is 0.669. The summed E-state index contributed by atoms with van der Waals surface area (Å²) >= 11 is 0. The Labute approximate surface area is 161 Å². The Morgan fingerprint density at radius 2 is 1.71 bits per heavy atom. The number of nitrogens with one attached hydrogen (secondary N) is 1. The van der Waals surface area contributed by atoms with Crippen LogP contribution in [0.15, 0.2) is 36.4 Å². The zero-order chi connectivity index (χ0) is 20.7. The molecule has 0 bridgehead atoms. The average Bonchev–Trinajstić information content (AvgIpc) is 2.66. The van der Waals surface area contributed by atoms with Crippen LogP contribution in [0.25, 0.3) is 0 Å². The summed E-state index contributed by atoms with van der Waals surface area (Å²) in [4.78, 5) is 12.6. The van der Waals surface area contributed by atoms with Gasteiger partial charge in [-0.15, -0.1) is 0 Å². The van der Waals surface area contributed by atoms with Gasteiger partial charge in [-0.05, 0) is 49.7 Å². The van der Waals surface area contributed by atoms with Gasteiger partial charge in [0, 0.05) is 5.56 Å². The SMILES string of the molecule is CCCOc1ccc(C(F)(F)F)cc1NC(=O)c1ccc(OCC)c(OC)c1. The van der Waals surface area contributed by atoms with Gasteiger partial charge in [0.2, 0.25) is 0 Å². The number of halogens is 3. The van der Waals surface area contributed by atoms with Crippen molar-refractivity contribution in [3.8, 4) is 17.2 Å². The van der Waals surface area contributed by atoms with Gasteiger partial charge in [-0.25, -0.2) is 0 Å². The molecule has 0 aliphatic carbocycles. The number of anilines is 1. The molecule has 1 N–H and O–H groups in total. The number of rotatable bonds is 8. The van der Waals surface area contributed by atoms with Crippen LogP contribution in [0, 0.1) is 0 Å². The first-order valence-corrected chi connectivity index (χ1v) is 8.76. The molecular formula is C20H22F3NO4. The van der Waals surface area contributed by atoms with Crippen molar-refractivity contribution < 1.29 is 32.2 Å². The molecule has 0 atom stereocenters. The Kier molecular flexibility index (Phi) is 7.14. The highest BCUT2D eigenvalue weighted by Gasteiger charge is 2.31. The van der Waals surface area contributed by atoms with Crippen molar-refractivity contribution in [2.24, 2.45) is 0 Å². The third-order valence-electron chi connectivity index (χ3n) is 3.74. The van der Waals surface area contributed by atoms with Gasteiger partial charge in [0.25, 0.3) is 5.91 Å². The van der Waals surface area contributed by atoms with Gasteiger partial charge in [0.1, 0.15) is 5.75 Å². The van der Waals surface area contributed by atoms with E-state index in [1.54, 1.807) is 6.07 Å². The maximum absolute atomic E-state index is 13.0. The standard InChI is InChI=1S/C20H22F3NO4/c1-4-10-28-16-9-7-14(20(21,22)23)12-15(16)24-19(25)13-6-8-17(27-5-2)18(11-13)26-3/h6-9,11-12H,4-5,10H2,1-3H3,(H,24,25). The number of alkyl halides is 3. The molecule has 0 saturated carbocycles. The van der Waals surface area contributed by atoms with Crippen LogP contribution >= 0.6 is 0 Å². The van der Waals surface area contributed by atoms with Gasteiger partial charge in [-0.3, -0.25) is 4.79 Å². The van der Waals surface area contributed by atoms with E-state index in [2.05, 4.69) is 5.32 Å². The van der Waals surface area contributed by atoms with Gasteiger partial charge >= 0.3 is 6.18 Å². The molecule has 2 aromatic carbocycles. The zero-order valence-corrected chi connectivity index (χ0v) is 15.9. The van der Waals surface area contributed by atoms with E-state index in [4.69, 9.17) is 14.2 Å². The predicted octanol–water partition coefficient (Wildman–Crippen LogP) is 5.15. The van der Waals surface area contributed by atoms with Crippen molar-refractivity contribution in [1.82, 2.24) is 0 Å². The highest BCUT2D eigenvalue weighted by atomic mass is 19.4. The fourth-order valence-corrected chi connectivity index (χ4v) is 2.42. The molecule has 28 heavy (non-hydrogen) atoms. The van der Waals surface area contributed by atoms with E-state index in [0.29, 0.717) is 31.1 Å². The summed E-state index contributed by atoms with van der Waals surface area (Å²) in [5.74, 6) is 0.386. The number of methoxy groups -OCH3 is 1. The number of amides is 1. The Hall–Kier alpha value is -2.90. The van der Waals surface area contributed by atoms with Crippen LogP contribution in [-0.4, -0.2) is 26.2 Å². The summed E-state index contributed by atoms with van der Waals surface area (Å²) in [6.45, 7) is 4.41. The van der Waals surface area contributed by atoms with Crippen LogP contribution in [0.2, 0.25) is 0 Å². The Bertz CT molecular complexity index is 822. The molecule has 1 amide bonds. The topological polar surface area (TPSA) is 56.8 Å². The molecule has 0 spiro atoms. The monoisotopic (exact) mass is 397 g/mol. The Morgan fingerprint density at radius 3 is 2.32 bits per heavy atom. The third kappa shape index (κ3) is 5.31. The molecule has 8 heteroatoms. The van der Waals surface area contributed by atoms with Gasteiger partial charge in [-0.1, -0.05) is 6.92 Å². The van der Waals surface area contributed by atoms with E-state index >= 15 is 0 Å². The van der Waals surface area contributed by atoms with E-state index in [9.17, 15) is 18.0 Å². The molecule has 5 nitrogen and oxygen atoms in total. The Balaban J connectivity index is 2.33. The molecule has 0 heterocycles. The summed E-state index contributed by atoms with van der Waals surface area (Å²) in [7, 11) is 1.43. The molecule has 152 valence electrons. The van der Waals surface area contributed by atoms with Crippen LogP contribution in [0.3, 0.4) is 0 Å². The molecule has 2 rings (SSSR count). The highest BCUT2D eigenvalue weighted by Crippen LogP contribution is 2.35. The van der Waals surface area contributed by atoms with Crippen molar-refractivity contribution in [2.75, 3.05) is 25.6 Å². The average molecular weight is 397 g/mol. The highest BCUT2D eigenvalue weighted by molar-refractivity contribution is 6.05. The fourth-order valence-electron chi connectivity index (χ4n) is 2.42. The third-order valence-corrected chi connectivity index (χ3v) is 3.74. The lowest BCUT2D eigenvalue weighted by Crippen LogP contribution is -2.15. The minimum Gasteiger partial charge on any atom is -0.493 e. The molecule has 0 aromatic heterocycles. The van der Waals surface area contributed by atoms with Gasteiger partial charge in [-0.2, -0.15) is 13.2 Å². The molecule has 0 radical (unpaired) electrons. The van der Waals surface area contributed by atoms with Gasteiger partial charge < -0.3 is 19.5 Å². The Morgan fingerprint density at radius 1 is 1.00 bits per heavy atom. The van der Waals surface area contributed by atoms with Crippen LogP contribution in [0.5, 0.6) is 17.2 Å². The van der Waals surface area contributed by atoms with Crippen LogP contribution in [0.4, 0.5) is 18.9 Å². The van der Waals surface area contributed by atoms with Crippen LogP contribution in [-0.2, 0) is 6.18 Å². The summed E-state index contributed by atoms with van der Waals surface area (Å²) in [6.07, 6.45) is -3.87. The summed E-state index contributed by atoms with van der Waals surface area (Å²) in [5.41, 5.74) is -0.726. The van der Waals surface area contributed by atoms with Crippen molar-refractivity contribution in [3.63, 3.8) is 0 Å². The maximum atomic E-state index is 13.0. The smallest absolute Gasteiger partial charge is 0.416 e. The summed E-state index contributed by atoms with van der Waals surface area (Å²) < 4.78 is 55.2. The maximum Gasteiger partial charge on any atom is 0.416 e. The molecule has 0 aliphatic rings. The van der Waals surface area contributed by atoms with E-state index in [0.717, 1.165) is 12.1 Å². The minimum absolute atomic E-state index is 0.0545. The molecule has 0 unspecified atom stereocenters. The lowest BCUT2D eigenvalue weighted by Gasteiger charge is -2.16. The van der Waals surface area contributed by atoms with Crippen LogP contribution in [0.1, 0.15) is 36.2 Å². The second-order valence-electron chi connectivity index (χ2n) is 5.81. The lowest BCUT2D eigenvalue weighted by molar-refractivity contribution is -0.137. The predicted molar refractivity (Wildman–Crippen MR) is 99.3 cm³/mol. The number of carbonyl (C=O) groups is 1. The zero-order valence-electron chi connectivity index (χ0n) is 15.9. The van der Waals surface area contributed by atoms with Crippen LogP contribution < -0.4 is 19.5 Å². The second-order valence-corrected chi connectivity index (χ2v) is 5.81. The largest absolute Gasteiger partial charge is 0.493 e. The van der Waals surface area contributed by atoms with Crippen molar-refractivity contribution >= 4 is 11.6 Å². The van der Waals surface area contributed by atoms with Crippen molar-refractivity contribution in [1.29, 1.82) is 0 Å². The molecular weight excluding hydrogens is 375 g/mol. The van der Waals surface area contributed by atoms with E-state index in [-0.39, 0.29) is 17.0 Å². The number of benzene rings is 2. The van der Waals surface area contributed by atoms with Crippen molar-refractivity contribution in [3.05, 3.63) is 47.5 Å². The molecule has 0 aliphatic heterocycles. The van der Waals surface area contributed by atoms with E-state index < -0.39 is 17.6 Å². The summed E-state index contributed by atoms with van der Waals surface area (Å²) in [6, 6.07) is 7.50. The first-order chi connectivity index (χ1) is 13.3. The van der Waals surface area contributed by atoms with Gasteiger partial charge in [0.15, 0.2) is 11.5 Å².